The largest absolute Gasteiger partial charge is 0.393 e. The molecule has 0 saturated heterocycles. The Morgan fingerprint density at radius 2 is 1.55 bits per heavy atom. The average Bonchev–Trinajstić information content (AvgIpc) is 2.86. The number of aliphatic hydroxyl groups excluding tert-OH is 1. The highest BCUT2D eigenvalue weighted by Gasteiger charge is 2.69. The van der Waals surface area contributed by atoms with E-state index in [1.165, 1.54) is 38.5 Å². The van der Waals surface area contributed by atoms with E-state index in [1.807, 2.05) is 0 Å². The summed E-state index contributed by atoms with van der Waals surface area (Å²) in [7, 11) is 4.23. The summed E-state index contributed by atoms with van der Waals surface area (Å²) in [6, 6.07) is 1.03. The van der Waals surface area contributed by atoms with Gasteiger partial charge in [-0.3, -0.25) is 0 Å². The highest BCUT2D eigenvalue weighted by atomic mass is 16.3. The van der Waals surface area contributed by atoms with Crippen molar-refractivity contribution in [1.29, 1.82) is 0 Å². The summed E-state index contributed by atoms with van der Waals surface area (Å²) in [5.41, 5.74) is 1.34. The van der Waals surface area contributed by atoms with Crippen LogP contribution in [0.5, 0.6) is 0 Å². The third-order valence-corrected chi connectivity index (χ3v) is 11.9. The lowest BCUT2D eigenvalue weighted by atomic mass is 9.38. The highest BCUT2D eigenvalue weighted by molar-refractivity contribution is 5.18. The number of fused-ring (bicyclic) bond motifs is 5. The van der Waals surface area contributed by atoms with E-state index in [-0.39, 0.29) is 16.9 Å². The molecule has 0 aromatic carbocycles. The number of aliphatic hydroxyl groups is 1. The van der Waals surface area contributed by atoms with Crippen LogP contribution in [0.1, 0.15) is 86.5 Å². The molecule has 0 aromatic heterocycles. The predicted molar refractivity (Wildman–Crippen MR) is 122 cm³/mol. The third-order valence-electron chi connectivity index (χ3n) is 11.9. The molecular weight excluding hydrogens is 356 g/mol. The molecule has 0 amide bonds. The van der Waals surface area contributed by atoms with Gasteiger partial charge >= 0.3 is 0 Å². The molecule has 29 heavy (non-hydrogen) atoms. The monoisotopic (exact) mass is 404 g/mol. The zero-order valence-corrected chi connectivity index (χ0v) is 20.4. The van der Waals surface area contributed by atoms with Gasteiger partial charge in [0.1, 0.15) is 0 Å². The van der Waals surface area contributed by atoms with Gasteiger partial charge in [0.15, 0.2) is 0 Å². The predicted octanol–water partition coefficient (Wildman–Crippen LogP) is 4.84. The van der Waals surface area contributed by atoms with Crippen LogP contribution in [0.4, 0.5) is 0 Å². The van der Waals surface area contributed by atoms with E-state index in [0.29, 0.717) is 28.8 Å². The van der Waals surface area contributed by atoms with Crippen molar-refractivity contribution >= 4 is 0 Å². The van der Waals surface area contributed by atoms with Gasteiger partial charge in [0.2, 0.25) is 0 Å². The maximum atomic E-state index is 11.2. The Bertz CT molecular complexity index is 634. The molecule has 3 nitrogen and oxygen atoms in total. The fourth-order valence-electron chi connectivity index (χ4n) is 10.2. The van der Waals surface area contributed by atoms with Crippen LogP contribution >= 0.6 is 0 Å². The smallest absolute Gasteiger partial charge is 0.0594 e. The normalized spacial score (nSPS) is 54.9. The van der Waals surface area contributed by atoms with Crippen molar-refractivity contribution in [2.24, 2.45) is 45.3 Å². The molecule has 4 fully saturated rings. The summed E-state index contributed by atoms with van der Waals surface area (Å²) in [4.78, 5) is 0. The van der Waals surface area contributed by atoms with Crippen LogP contribution in [0.2, 0.25) is 0 Å². The molecule has 10 atom stereocenters. The van der Waals surface area contributed by atoms with Gasteiger partial charge in [-0.25, -0.2) is 0 Å². The molecule has 4 aliphatic rings. The minimum atomic E-state index is -0.159. The van der Waals surface area contributed by atoms with E-state index in [4.69, 9.17) is 0 Å². The first-order valence-electron chi connectivity index (χ1n) is 12.5. The summed E-state index contributed by atoms with van der Waals surface area (Å²) >= 11 is 0. The van der Waals surface area contributed by atoms with Crippen LogP contribution in [-0.2, 0) is 0 Å². The molecule has 3 heteroatoms. The number of nitrogens with one attached hydrogen (secondary N) is 2. The number of hydrogen-bond acceptors (Lipinski definition) is 3. The minimum absolute atomic E-state index is 0.159. The van der Waals surface area contributed by atoms with Gasteiger partial charge < -0.3 is 15.7 Å². The molecule has 0 aliphatic heterocycles. The van der Waals surface area contributed by atoms with E-state index in [1.54, 1.807) is 0 Å². The van der Waals surface area contributed by atoms with Crippen LogP contribution in [0.25, 0.3) is 0 Å². The fraction of sp³-hybridized carbons (Fsp3) is 1.00. The molecule has 0 spiro atoms. The van der Waals surface area contributed by atoms with Gasteiger partial charge in [-0.1, -0.05) is 34.6 Å². The summed E-state index contributed by atoms with van der Waals surface area (Å²) in [6.07, 6.45) is 8.93. The third kappa shape index (κ3) is 2.72. The first-order valence-corrected chi connectivity index (χ1v) is 12.5. The molecule has 0 aromatic rings. The van der Waals surface area contributed by atoms with Crippen molar-refractivity contribution in [2.45, 2.75) is 105 Å². The average molecular weight is 405 g/mol. The number of rotatable bonds is 3. The lowest BCUT2D eigenvalue weighted by Gasteiger charge is -2.67. The molecule has 4 aliphatic carbocycles. The topological polar surface area (TPSA) is 44.3 Å². The zero-order valence-electron chi connectivity index (χ0n) is 20.4. The second-order valence-electron chi connectivity index (χ2n) is 12.8. The van der Waals surface area contributed by atoms with E-state index < -0.39 is 0 Å². The highest BCUT2D eigenvalue weighted by Crippen LogP contribution is 2.74. The van der Waals surface area contributed by atoms with Crippen molar-refractivity contribution in [3.8, 4) is 0 Å². The maximum absolute atomic E-state index is 11.2. The Labute approximate surface area is 180 Å². The van der Waals surface area contributed by atoms with Crippen LogP contribution in [-0.4, -0.2) is 37.4 Å². The van der Waals surface area contributed by atoms with Crippen LogP contribution in [0.15, 0.2) is 0 Å². The maximum Gasteiger partial charge on any atom is 0.0594 e. The molecule has 0 bridgehead atoms. The Hall–Kier alpha value is -0.120. The molecule has 168 valence electrons. The second-order valence-corrected chi connectivity index (χ2v) is 12.8. The first kappa shape index (κ1) is 22.1. The van der Waals surface area contributed by atoms with Crippen LogP contribution in [0, 0.1) is 45.3 Å². The van der Waals surface area contributed by atoms with Crippen molar-refractivity contribution in [2.75, 3.05) is 14.1 Å². The van der Waals surface area contributed by atoms with Crippen LogP contribution in [0.3, 0.4) is 0 Å². The van der Waals surface area contributed by atoms with Crippen molar-refractivity contribution in [3.63, 3.8) is 0 Å². The molecule has 0 radical (unpaired) electrons. The van der Waals surface area contributed by atoms with Gasteiger partial charge in [-0.05, 0) is 105 Å². The van der Waals surface area contributed by atoms with E-state index in [9.17, 15) is 5.11 Å². The summed E-state index contributed by atoms with van der Waals surface area (Å²) in [5, 5.41) is 18.4. The quantitative estimate of drug-likeness (QED) is 0.631. The van der Waals surface area contributed by atoms with Gasteiger partial charge in [0, 0.05) is 18.0 Å². The van der Waals surface area contributed by atoms with Gasteiger partial charge in [-0.2, -0.15) is 0 Å². The Morgan fingerprint density at radius 1 is 0.862 bits per heavy atom. The molecular formula is C26H48N2O. The van der Waals surface area contributed by atoms with Crippen molar-refractivity contribution in [3.05, 3.63) is 0 Å². The first-order chi connectivity index (χ1) is 13.5. The Balaban J connectivity index is 1.69. The van der Waals surface area contributed by atoms with Gasteiger partial charge in [0.25, 0.3) is 0 Å². The molecule has 0 unspecified atom stereocenters. The van der Waals surface area contributed by atoms with Gasteiger partial charge in [0.05, 0.1) is 6.10 Å². The molecule has 0 heterocycles. The van der Waals surface area contributed by atoms with Crippen molar-refractivity contribution < 1.29 is 5.11 Å². The lowest BCUT2D eigenvalue weighted by molar-refractivity contribution is -0.182. The Kier molecular flexibility index (Phi) is 5.28. The minimum Gasteiger partial charge on any atom is -0.393 e. The zero-order chi connectivity index (χ0) is 21.4. The Morgan fingerprint density at radius 3 is 2.17 bits per heavy atom. The van der Waals surface area contributed by atoms with E-state index in [0.717, 1.165) is 24.2 Å². The molecule has 4 rings (SSSR count). The lowest BCUT2D eigenvalue weighted by Crippen LogP contribution is -2.63. The summed E-state index contributed by atoms with van der Waals surface area (Å²) in [5.74, 6) is 2.79. The SMILES string of the molecule is CN[C@H]1CC[C@]2(C)[C@@H]3CC[C@]4(C)[C@H]([C@@H](C)NC)[C@@H](O)C[C@]4(C)[C@H]3CC[C@H]2C1(C)C. The summed E-state index contributed by atoms with van der Waals surface area (Å²) < 4.78 is 0. The second kappa shape index (κ2) is 6.94. The molecule has 4 saturated carbocycles. The van der Waals surface area contributed by atoms with E-state index in [2.05, 4.69) is 66.3 Å². The standard InChI is InChI=1S/C26H48N2O/c1-16(27-7)22-19(29)15-26(6)18-9-10-20-23(2,3)21(28-8)12-13-24(20,4)17(18)11-14-25(22,26)5/h16-22,27-29H,9-15H2,1-8H3/t16-,17-,18+,19+,20+,21+,22-,24-,25-,26-/m1/s1. The van der Waals surface area contributed by atoms with Gasteiger partial charge in [-0.15, -0.1) is 0 Å². The molecule has 3 N–H and O–H groups in total. The van der Waals surface area contributed by atoms with Crippen LogP contribution < -0.4 is 10.6 Å². The fourth-order valence-corrected chi connectivity index (χ4v) is 10.2. The number of hydrogen-bond donors (Lipinski definition) is 3. The summed E-state index contributed by atoms with van der Waals surface area (Å²) in [6.45, 7) is 15.1. The van der Waals surface area contributed by atoms with Crippen molar-refractivity contribution in [1.82, 2.24) is 10.6 Å². The van der Waals surface area contributed by atoms with E-state index >= 15 is 0 Å².